The smallest absolute Gasteiger partial charge is 0.293 e. The summed E-state index contributed by atoms with van der Waals surface area (Å²) in [6.45, 7) is 10.1. The molecule has 1 fully saturated rings. The van der Waals surface area contributed by atoms with Crippen LogP contribution in [0, 0.1) is 33.8 Å². The maximum atomic E-state index is 11.6. The lowest BCUT2D eigenvalue weighted by atomic mass is 10.1. The predicted octanol–water partition coefficient (Wildman–Crippen LogP) is 4.19. The van der Waals surface area contributed by atoms with Gasteiger partial charge in [0.15, 0.2) is 5.82 Å². The van der Waals surface area contributed by atoms with Gasteiger partial charge in [0.1, 0.15) is 18.2 Å². The summed E-state index contributed by atoms with van der Waals surface area (Å²) in [5.41, 5.74) is 0.562. The van der Waals surface area contributed by atoms with Crippen molar-refractivity contribution in [1.29, 1.82) is 5.26 Å². The Morgan fingerprint density at radius 2 is 2.10 bits per heavy atom. The van der Waals surface area contributed by atoms with Gasteiger partial charge >= 0.3 is 0 Å². The van der Waals surface area contributed by atoms with Crippen molar-refractivity contribution in [3.63, 3.8) is 0 Å². The molecule has 160 valence electrons. The Morgan fingerprint density at radius 1 is 1.37 bits per heavy atom. The van der Waals surface area contributed by atoms with Crippen LogP contribution in [0.1, 0.15) is 18.7 Å². The number of nitro groups is 1. The minimum atomic E-state index is -1.18. The standard InChI is InChI=1S/C20H28N6O3Si/c1-15-23-24-19(25(15)14-29-9-10-30(2,3)4)16-5-6-17(18(11-16)26(27)28)22-13-20(12-21)7-8-20/h5-6,11,22H,7-10,13-14H2,1-4H3. The molecule has 0 atom stereocenters. The van der Waals surface area contributed by atoms with Crippen LogP contribution in [0.5, 0.6) is 0 Å². The Hall–Kier alpha value is -2.77. The molecule has 0 aliphatic heterocycles. The van der Waals surface area contributed by atoms with Crippen LogP contribution in [0.3, 0.4) is 0 Å². The van der Waals surface area contributed by atoms with Crippen LogP contribution in [0.4, 0.5) is 11.4 Å². The highest BCUT2D eigenvalue weighted by molar-refractivity contribution is 6.76. The van der Waals surface area contributed by atoms with E-state index in [0.717, 1.165) is 18.9 Å². The molecular formula is C20H28N6O3Si. The van der Waals surface area contributed by atoms with E-state index in [1.165, 1.54) is 6.07 Å². The molecule has 9 nitrogen and oxygen atoms in total. The predicted molar refractivity (Wildman–Crippen MR) is 117 cm³/mol. The molecule has 0 unspecified atom stereocenters. The van der Waals surface area contributed by atoms with Gasteiger partial charge in [0, 0.05) is 32.9 Å². The number of nitrogens with one attached hydrogen (secondary N) is 1. The Labute approximate surface area is 177 Å². The number of rotatable bonds is 10. The fourth-order valence-electron chi connectivity index (χ4n) is 3.00. The summed E-state index contributed by atoms with van der Waals surface area (Å²) in [4.78, 5) is 11.2. The monoisotopic (exact) mass is 428 g/mol. The SMILES string of the molecule is Cc1nnc(-c2ccc(NCC3(C#N)CC3)c([N+](=O)[O-])c2)n1COCC[Si](C)(C)C. The van der Waals surface area contributed by atoms with Crippen molar-refractivity contribution in [2.45, 2.75) is 52.2 Å². The van der Waals surface area contributed by atoms with Crippen LogP contribution < -0.4 is 5.32 Å². The Kier molecular flexibility index (Phi) is 6.24. The minimum absolute atomic E-state index is 0.0481. The molecule has 1 heterocycles. The second-order valence-corrected chi connectivity index (χ2v) is 14.7. The van der Waals surface area contributed by atoms with Crippen LogP contribution in [0.2, 0.25) is 25.7 Å². The van der Waals surface area contributed by atoms with Crippen LogP contribution in [-0.2, 0) is 11.5 Å². The maximum absolute atomic E-state index is 11.6. The van der Waals surface area contributed by atoms with Crippen molar-refractivity contribution < 1.29 is 9.66 Å². The van der Waals surface area contributed by atoms with Crippen LogP contribution in [-0.4, -0.2) is 40.9 Å². The summed E-state index contributed by atoms with van der Waals surface area (Å²) in [6.07, 6.45) is 1.64. The first-order chi connectivity index (χ1) is 14.1. The third-order valence-electron chi connectivity index (χ3n) is 5.31. The first-order valence-electron chi connectivity index (χ1n) is 10.1. The van der Waals surface area contributed by atoms with E-state index in [-0.39, 0.29) is 5.69 Å². The summed E-state index contributed by atoms with van der Waals surface area (Å²) >= 11 is 0. The van der Waals surface area contributed by atoms with Crippen molar-refractivity contribution in [3.8, 4) is 17.5 Å². The summed E-state index contributed by atoms with van der Waals surface area (Å²) in [5.74, 6) is 1.22. The van der Waals surface area contributed by atoms with Gasteiger partial charge in [-0.15, -0.1) is 10.2 Å². The second-order valence-electron chi connectivity index (χ2n) is 9.08. The summed E-state index contributed by atoms with van der Waals surface area (Å²) in [7, 11) is -1.18. The molecule has 1 aromatic carbocycles. The molecule has 1 aliphatic carbocycles. The zero-order valence-electron chi connectivity index (χ0n) is 17.9. The number of aromatic nitrogens is 3. The number of hydrogen-bond donors (Lipinski definition) is 1. The Bertz CT molecular complexity index is 972. The van der Waals surface area contributed by atoms with E-state index >= 15 is 0 Å². The Morgan fingerprint density at radius 3 is 2.70 bits per heavy atom. The van der Waals surface area contributed by atoms with E-state index in [9.17, 15) is 15.4 Å². The van der Waals surface area contributed by atoms with E-state index in [1.807, 2.05) is 11.5 Å². The number of benzene rings is 1. The average Bonchev–Trinajstić information content (AvgIpc) is 3.39. The van der Waals surface area contributed by atoms with Gasteiger partial charge in [-0.05, 0) is 37.9 Å². The lowest BCUT2D eigenvalue weighted by Crippen LogP contribution is -2.22. The highest BCUT2D eigenvalue weighted by Gasteiger charge is 2.43. The van der Waals surface area contributed by atoms with Crippen molar-refractivity contribution >= 4 is 19.4 Å². The number of nitriles is 1. The van der Waals surface area contributed by atoms with Crippen LogP contribution in [0.15, 0.2) is 18.2 Å². The van der Waals surface area contributed by atoms with E-state index in [1.54, 1.807) is 12.1 Å². The number of nitro benzene ring substituents is 1. The quantitative estimate of drug-likeness (QED) is 0.261. The molecule has 1 aliphatic rings. The van der Waals surface area contributed by atoms with Crippen molar-refractivity contribution in [2.24, 2.45) is 5.41 Å². The highest BCUT2D eigenvalue weighted by Crippen LogP contribution is 2.45. The van der Waals surface area contributed by atoms with Gasteiger partial charge in [0.05, 0.1) is 16.4 Å². The van der Waals surface area contributed by atoms with E-state index in [0.29, 0.717) is 42.8 Å². The third kappa shape index (κ3) is 5.23. The van der Waals surface area contributed by atoms with Gasteiger partial charge in [0.25, 0.3) is 5.69 Å². The zero-order chi connectivity index (χ0) is 21.9. The second kappa shape index (κ2) is 8.53. The van der Waals surface area contributed by atoms with Crippen molar-refractivity contribution in [1.82, 2.24) is 14.8 Å². The number of hydrogen-bond acceptors (Lipinski definition) is 7. The van der Waals surface area contributed by atoms with Crippen molar-refractivity contribution in [2.75, 3.05) is 18.5 Å². The number of anilines is 1. The van der Waals surface area contributed by atoms with Gasteiger partial charge in [-0.3, -0.25) is 14.7 Å². The van der Waals surface area contributed by atoms with Gasteiger partial charge in [0.2, 0.25) is 0 Å². The molecule has 1 N–H and O–H groups in total. The molecule has 0 saturated heterocycles. The molecule has 1 saturated carbocycles. The average molecular weight is 429 g/mol. The fourth-order valence-corrected chi connectivity index (χ4v) is 3.75. The number of ether oxygens (including phenoxy) is 1. The van der Waals surface area contributed by atoms with Gasteiger partial charge in [-0.2, -0.15) is 5.26 Å². The molecule has 2 aromatic rings. The molecule has 3 rings (SSSR count). The molecule has 1 aromatic heterocycles. The normalized spacial score (nSPS) is 14.9. The van der Waals surface area contributed by atoms with Gasteiger partial charge < -0.3 is 10.1 Å². The van der Waals surface area contributed by atoms with E-state index < -0.39 is 18.4 Å². The number of aryl methyl sites for hydroxylation is 1. The molecule has 30 heavy (non-hydrogen) atoms. The van der Waals surface area contributed by atoms with E-state index in [4.69, 9.17) is 4.74 Å². The molecule has 0 bridgehead atoms. The fraction of sp³-hybridized carbons (Fsp3) is 0.550. The summed E-state index contributed by atoms with van der Waals surface area (Å²) in [6, 6.07) is 8.29. The lowest BCUT2D eigenvalue weighted by molar-refractivity contribution is -0.383. The Balaban J connectivity index is 1.78. The van der Waals surface area contributed by atoms with Gasteiger partial charge in [-0.25, -0.2) is 0 Å². The molecule has 0 radical (unpaired) electrons. The summed E-state index contributed by atoms with van der Waals surface area (Å²) in [5, 5.41) is 32.3. The van der Waals surface area contributed by atoms with Crippen molar-refractivity contribution in [3.05, 3.63) is 34.1 Å². The highest BCUT2D eigenvalue weighted by atomic mass is 28.3. The topological polar surface area (TPSA) is 119 Å². The molecule has 0 amide bonds. The first-order valence-corrected chi connectivity index (χ1v) is 13.8. The maximum Gasteiger partial charge on any atom is 0.293 e. The summed E-state index contributed by atoms with van der Waals surface area (Å²) < 4.78 is 7.66. The van der Waals surface area contributed by atoms with Gasteiger partial charge in [-0.1, -0.05) is 19.6 Å². The number of nitrogens with zero attached hydrogens (tertiary/aromatic N) is 5. The first kappa shape index (κ1) is 21.9. The largest absolute Gasteiger partial charge is 0.378 e. The molecular weight excluding hydrogens is 400 g/mol. The van der Waals surface area contributed by atoms with Crippen LogP contribution >= 0.6 is 0 Å². The minimum Gasteiger partial charge on any atom is -0.378 e. The lowest BCUT2D eigenvalue weighted by Gasteiger charge is -2.16. The zero-order valence-corrected chi connectivity index (χ0v) is 18.9. The third-order valence-corrected chi connectivity index (χ3v) is 7.02. The van der Waals surface area contributed by atoms with E-state index in [2.05, 4.69) is 41.2 Å². The molecule has 0 spiro atoms. The van der Waals surface area contributed by atoms with Crippen LogP contribution in [0.25, 0.3) is 11.4 Å². The molecule has 10 heteroatoms.